The van der Waals surface area contributed by atoms with Gasteiger partial charge in [-0.3, -0.25) is 0 Å². The van der Waals surface area contributed by atoms with Gasteiger partial charge in [0.05, 0.1) is 5.56 Å². The summed E-state index contributed by atoms with van der Waals surface area (Å²) in [6.07, 6.45) is 1.28. The molecule has 0 aliphatic heterocycles. The highest BCUT2D eigenvalue weighted by Crippen LogP contribution is 2.21. The Labute approximate surface area is 67.5 Å². The maximum Gasteiger partial charge on any atom is 0.203 e. The third kappa shape index (κ3) is 1.58. The van der Waals surface area contributed by atoms with Crippen LogP contribution in [-0.2, 0) is 0 Å². The van der Waals surface area contributed by atoms with Gasteiger partial charge in [0.15, 0.2) is 5.15 Å². The summed E-state index contributed by atoms with van der Waals surface area (Å²) in [5.74, 6) is -0.0225. The zero-order valence-electron chi connectivity index (χ0n) is 5.28. The molecule has 56 valence electrons. The summed E-state index contributed by atoms with van der Waals surface area (Å²) in [7, 11) is 0. The van der Waals surface area contributed by atoms with E-state index in [9.17, 15) is 0 Å². The molecule has 0 fully saturated rings. The van der Waals surface area contributed by atoms with Crippen LogP contribution in [0.15, 0.2) is 12.3 Å². The highest BCUT2D eigenvalue weighted by atomic mass is 35.5. The van der Waals surface area contributed by atoms with Crippen LogP contribution in [0, 0.1) is 11.3 Å². The molecule has 0 bridgehead atoms. The molecule has 1 aromatic rings. The van der Waals surface area contributed by atoms with Crippen molar-refractivity contribution in [3.8, 4) is 11.8 Å². The van der Waals surface area contributed by atoms with E-state index in [4.69, 9.17) is 22.1 Å². The first kappa shape index (κ1) is 7.79. The zero-order valence-corrected chi connectivity index (χ0v) is 6.04. The van der Waals surface area contributed by atoms with Gasteiger partial charge in [-0.05, 0) is 0 Å². The Morgan fingerprint density at radius 2 is 2.45 bits per heavy atom. The van der Waals surface area contributed by atoms with E-state index in [0.717, 1.165) is 0 Å². The molecule has 0 spiro atoms. The van der Waals surface area contributed by atoms with E-state index in [1.54, 1.807) is 0 Å². The predicted molar refractivity (Wildman–Crippen MR) is 37.2 cm³/mol. The van der Waals surface area contributed by atoms with Crippen molar-refractivity contribution in [2.45, 2.75) is 0 Å². The van der Waals surface area contributed by atoms with Crippen molar-refractivity contribution in [3.05, 3.63) is 23.0 Å². The molecule has 1 N–H and O–H groups in total. The number of rotatable bonds is 1. The Morgan fingerprint density at radius 3 is 3.00 bits per heavy atom. The van der Waals surface area contributed by atoms with Gasteiger partial charge in [-0.2, -0.15) is 5.26 Å². The average molecular weight is 171 g/mol. The lowest BCUT2D eigenvalue weighted by Gasteiger charge is -1.97. The number of aromatic nitrogens is 1. The Morgan fingerprint density at radius 1 is 1.73 bits per heavy atom. The lowest BCUT2D eigenvalue weighted by Crippen LogP contribution is -1.88. The first-order valence-corrected chi connectivity index (χ1v) is 3.03. The second-order valence-corrected chi connectivity index (χ2v) is 2.07. The molecule has 1 aromatic heterocycles. The molecule has 0 saturated heterocycles. The van der Waals surface area contributed by atoms with Gasteiger partial charge in [-0.1, -0.05) is 11.6 Å². The Hall–Kier alpha value is -1.31. The molecular formula is C6H3ClN2O2. The molecule has 1 rings (SSSR count). The van der Waals surface area contributed by atoms with E-state index in [-0.39, 0.29) is 16.5 Å². The Bertz CT molecular complexity index is 308. The van der Waals surface area contributed by atoms with Crippen LogP contribution >= 0.6 is 11.6 Å². The summed E-state index contributed by atoms with van der Waals surface area (Å²) >= 11 is 5.45. The van der Waals surface area contributed by atoms with Crippen molar-refractivity contribution in [3.63, 3.8) is 0 Å². The van der Waals surface area contributed by atoms with Gasteiger partial charge in [-0.15, -0.1) is 0 Å². The fourth-order valence-corrected chi connectivity index (χ4v) is 0.691. The van der Waals surface area contributed by atoms with Crippen LogP contribution in [0.5, 0.6) is 5.75 Å². The van der Waals surface area contributed by atoms with E-state index >= 15 is 0 Å². The van der Waals surface area contributed by atoms with Crippen molar-refractivity contribution in [2.24, 2.45) is 0 Å². The van der Waals surface area contributed by atoms with Gasteiger partial charge in [-0.25, -0.2) is 10.2 Å². The molecule has 11 heavy (non-hydrogen) atoms. The third-order valence-electron chi connectivity index (χ3n) is 1.03. The standard InChI is InChI=1S/C6H3ClN2O2/c7-6-5(11-10)1-4(2-8)3-9-6/h1,3,10H. The highest BCUT2D eigenvalue weighted by Gasteiger charge is 2.03. The van der Waals surface area contributed by atoms with E-state index in [1.165, 1.54) is 12.3 Å². The first-order valence-electron chi connectivity index (χ1n) is 2.65. The molecule has 0 aromatic carbocycles. The molecule has 5 heteroatoms. The first-order chi connectivity index (χ1) is 5.27. The van der Waals surface area contributed by atoms with E-state index < -0.39 is 0 Å². The van der Waals surface area contributed by atoms with Crippen molar-refractivity contribution < 1.29 is 10.1 Å². The van der Waals surface area contributed by atoms with Crippen LogP contribution in [0.3, 0.4) is 0 Å². The van der Waals surface area contributed by atoms with Gasteiger partial charge < -0.3 is 4.89 Å². The molecule has 4 nitrogen and oxygen atoms in total. The average Bonchev–Trinajstić information content (AvgIpc) is 2.05. The van der Waals surface area contributed by atoms with Crippen molar-refractivity contribution >= 4 is 11.6 Å². The van der Waals surface area contributed by atoms with Crippen molar-refractivity contribution in [2.75, 3.05) is 0 Å². The fraction of sp³-hybridized carbons (Fsp3) is 0. The normalized spacial score (nSPS) is 8.82. The molecule has 0 radical (unpaired) electrons. The second kappa shape index (κ2) is 3.19. The van der Waals surface area contributed by atoms with Gasteiger partial charge in [0.1, 0.15) is 6.07 Å². The van der Waals surface area contributed by atoms with Crippen LogP contribution in [0.1, 0.15) is 5.56 Å². The smallest absolute Gasteiger partial charge is 0.203 e. The zero-order chi connectivity index (χ0) is 8.27. The van der Waals surface area contributed by atoms with E-state index in [1.807, 2.05) is 6.07 Å². The number of pyridine rings is 1. The molecule has 0 aliphatic rings. The van der Waals surface area contributed by atoms with Crippen molar-refractivity contribution in [1.29, 1.82) is 5.26 Å². The molecular weight excluding hydrogens is 168 g/mol. The lowest BCUT2D eigenvalue weighted by atomic mass is 10.3. The number of hydrogen-bond donors (Lipinski definition) is 1. The molecule has 0 saturated carbocycles. The maximum absolute atomic E-state index is 8.38. The Kier molecular flexibility index (Phi) is 2.26. The molecule has 0 atom stereocenters. The number of nitriles is 1. The van der Waals surface area contributed by atoms with Crippen LogP contribution in [0.4, 0.5) is 0 Å². The van der Waals surface area contributed by atoms with Gasteiger partial charge in [0, 0.05) is 12.3 Å². The highest BCUT2D eigenvalue weighted by molar-refractivity contribution is 6.30. The van der Waals surface area contributed by atoms with Crippen LogP contribution < -0.4 is 4.89 Å². The predicted octanol–water partition coefficient (Wildman–Crippen LogP) is 1.46. The molecule has 1 heterocycles. The van der Waals surface area contributed by atoms with Crippen molar-refractivity contribution in [1.82, 2.24) is 4.98 Å². The largest absolute Gasteiger partial charge is 0.337 e. The quantitative estimate of drug-likeness (QED) is 0.394. The maximum atomic E-state index is 8.38. The fourth-order valence-electron chi connectivity index (χ4n) is 0.553. The topological polar surface area (TPSA) is 66.1 Å². The SMILES string of the molecule is N#Cc1cnc(Cl)c(OO)c1. The summed E-state index contributed by atoms with van der Waals surface area (Å²) in [6.45, 7) is 0. The molecule has 0 aliphatic carbocycles. The van der Waals surface area contributed by atoms with Crippen LogP contribution in [0.2, 0.25) is 5.15 Å². The van der Waals surface area contributed by atoms with Crippen LogP contribution in [0.25, 0.3) is 0 Å². The summed E-state index contributed by atoms with van der Waals surface area (Å²) in [4.78, 5) is 7.42. The van der Waals surface area contributed by atoms with Gasteiger partial charge in [0.25, 0.3) is 0 Å². The minimum Gasteiger partial charge on any atom is -0.337 e. The van der Waals surface area contributed by atoms with E-state index in [0.29, 0.717) is 0 Å². The summed E-state index contributed by atoms with van der Waals surface area (Å²) < 4.78 is 0. The summed E-state index contributed by atoms with van der Waals surface area (Å²) in [6, 6.07) is 3.10. The van der Waals surface area contributed by atoms with Gasteiger partial charge >= 0.3 is 0 Å². The Balaban J connectivity index is 3.15. The van der Waals surface area contributed by atoms with Gasteiger partial charge in [0.2, 0.25) is 5.75 Å². The monoisotopic (exact) mass is 170 g/mol. The number of halogens is 1. The molecule has 0 amide bonds. The number of nitrogens with zero attached hydrogens (tertiary/aromatic N) is 2. The molecule has 0 unspecified atom stereocenters. The minimum atomic E-state index is -0.0225. The second-order valence-electron chi connectivity index (χ2n) is 1.72. The summed E-state index contributed by atoms with van der Waals surface area (Å²) in [5, 5.41) is 16.6. The van der Waals surface area contributed by atoms with E-state index in [2.05, 4.69) is 9.87 Å². The summed E-state index contributed by atoms with van der Waals surface area (Å²) in [5.41, 5.74) is 0.276. The third-order valence-corrected chi connectivity index (χ3v) is 1.32. The van der Waals surface area contributed by atoms with Crippen LogP contribution in [-0.4, -0.2) is 10.2 Å². The number of hydrogen-bond acceptors (Lipinski definition) is 4. The lowest BCUT2D eigenvalue weighted by molar-refractivity contribution is -0.137. The minimum absolute atomic E-state index is 0.0199.